The first kappa shape index (κ1) is 29.3. The van der Waals surface area contributed by atoms with Crippen LogP contribution in [0, 0.1) is 0 Å². The van der Waals surface area contributed by atoms with E-state index in [-0.39, 0.29) is 41.3 Å². The fourth-order valence-corrected chi connectivity index (χ4v) is 3.74. The zero-order valence-corrected chi connectivity index (χ0v) is 23.6. The number of methoxy groups -OCH3 is 2. The lowest BCUT2D eigenvalue weighted by Gasteiger charge is -2.36. The van der Waals surface area contributed by atoms with Gasteiger partial charge >= 0.3 is 0 Å². The van der Waals surface area contributed by atoms with Gasteiger partial charge in [0.25, 0.3) is 0 Å². The molecule has 9 heteroatoms. The maximum absolute atomic E-state index is 12.1. The van der Waals surface area contributed by atoms with Crippen molar-refractivity contribution in [2.45, 2.75) is 46.1 Å². The number of nitrogens with one attached hydrogen (secondary N) is 2. The topological polar surface area (TPSA) is 78.4 Å². The largest absolute Gasteiger partial charge is 0.493 e. The predicted octanol–water partition coefficient (Wildman–Crippen LogP) is 2.71. The lowest BCUT2D eigenvalue weighted by molar-refractivity contribution is -0.123. The Morgan fingerprint density at radius 2 is 1.76 bits per heavy atom. The van der Waals surface area contributed by atoms with E-state index < -0.39 is 0 Å². The number of halogens is 1. The molecule has 1 aromatic carbocycles. The number of hydrogen-bond acceptors (Lipinski definition) is 5. The standard InChI is InChI=1S/C24H41N5O3.HI/c1-8-25-23(29-13-11-28(12-14-29)16-22(30)27-18(2)3)26-17-24(4,5)19-9-10-20(31-6)21(15-19)32-7;/h9-10,15,18H,8,11-14,16-17H2,1-7H3,(H,25,26)(H,27,30);1H. The molecule has 0 bridgehead atoms. The minimum Gasteiger partial charge on any atom is -0.493 e. The number of guanidine groups is 1. The molecular weight excluding hydrogens is 533 g/mol. The van der Waals surface area contributed by atoms with Crippen molar-refractivity contribution in [3.8, 4) is 11.5 Å². The second-order valence-corrected chi connectivity index (χ2v) is 9.11. The summed E-state index contributed by atoms with van der Waals surface area (Å²) in [5.74, 6) is 2.47. The Labute approximate surface area is 216 Å². The van der Waals surface area contributed by atoms with E-state index in [2.05, 4.69) is 47.3 Å². The summed E-state index contributed by atoms with van der Waals surface area (Å²) in [5.41, 5.74) is 0.979. The molecule has 1 aliphatic heterocycles. The van der Waals surface area contributed by atoms with Gasteiger partial charge in [0, 0.05) is 44.2 Å². The van der Waals surface area contributed by atoms with Crippen LogP contribution in [0.4, 0.5) is 0 Å². The molecule has 0 spiro atoms. The van der Waals surface area contributed by atoms with Crippen molar-refractivity contribution in [3.05, 3.63) is 23.8 Å². The summed E-state index contributed by atoms with van der Waals surface area (Å²) in [6, 6.07) is 6.22. The molecule has 1 saturated heterocycles. The molecule has 0 saturated carbocycles. The first-order valence-corrected chi connectivity index (χ1v) is 11.5. The molecule has 0 atom stereocenters. The number of piperazine rings is 1. The first-order valence-electron chi connectivity index (χ1n) is 11.5. The molecule has 1 heterocycles. The Balaban J connectivity index is 0.00000544. The number of amides is 1. The molecule has 33 heavy (non-hydrogen) atoms. The third-order valence-electron chi connectivity index (χ3n) is 5.61. The molecule has 1 aliphatic rings. The van der Waals surface area contributed by atoms with Crippen LogP contribution in [-0.2, 0) is 10.2 Å². The molecule has 0 aliphatic carbocycles. The van der Waals surface area contributed by atoms with Gasteiger partial charge in [-0.3, -0.25) is 14.7 Å². The van der Waals surface area contributed by atoms with E-state index in [1.807, 2.05) is 26.0 Å². The molecule has 0 radical (unpaired) electrons. The average Bonchev–Trinajstić information content (AvgIpc) is 2.76. The van der Waals surface area contributed by atoms with Crippen LogP contribution in [-0.4, -0.2) is 87.7 Å². The van der Waals surface area contributed by atoms with Gasteiger partial charge in [-0.1, -0.05) is 19.9 Å². The maximum Gasteiger partial charge on any atom is 0.234 e. The number of nitrogens with zero attached hydrogens (tertiary/aromatic N) is 3. The van der Waals surface area contributed by atoms with Crippen LogP contribution in [0.2, 0.25) is 0 Å². The summed E-state index contributed by atoms with van der Waals surface area (Å²) in [6.07, 6.45) is 0. The monoisotopic (exact) mass is 575 g/mol. The quantitative estimate of drug-likeness (QED) is 0.268. The summed E-state index contributed by atoms with van der Waals surface area (Å²) >= 11 is 0. The van der Waals surface area contributed by atoms with Crippen LogP contribution >= 0.6 is 24.0 Å². The molecule has 1 fully saturated rings. The van der Waals surface area contributed by atoms with E-state index in [1.54, 1.807) is 14.2 Å². The highest BCUT2D eigenvalue weighted by atomic mass is 127. The Morgan fingerprint density at radius 1 is 1.12 bits per heavy atom. The van der Waals surface area contributed by atoms with Gasteiger partial charge in [-0.15, -0.1) is 24.0 Å². The molecule has 1 amide bonds. The number of carbonyl (C=O) groups is 1. The van der Waals surface area contributed by atoms with Gasteiger partial charge in [-0.2, -0.15) is 0 Å². The van der Waals surface area contributed by atoms with Crippen LogP contribution in [0.3, 0.4) is 0 Å². The molecule has 2 rings (SSSR count). The summed E-state index contributed by atoms with van der Waals surface area (Å²) < 4.78 is 10.8. The molecular formula is C24H42IN5O3. The Hall–Kier alpha value is -1.75. The number of carbonyl (C=O) groups excluding carboxylic acids is 1. The van der Waals surface area contributed by atoms with Gasteiger partial charge in [-0.25, -0.2) is 0 Å². The smallest absolute Gasteiger partial charge is 0.234 e. The van der Waals surface area contributed by atoms with Gasteiger partial charge in [0.2, 0.25) is 5.91 Å². The van der Waals surface area contributed by atoms with Crippen LogP contribution in [0.1, 0.15) is 40.2 Å². The Bertz CT molecular complexity index is 777. The zero-order valence-electron chi connectivity index (χ0n) is 21.2. The van der Waals surface area contributed by atoms with E-state index >= 15 is 0 Å². The van der Waals surface area contributed by atoms with Gasteiger partial charge in [0.15, 0.2) is 17.5 Å². The molecule has 0 aromatic heterocycles. The SMILES string of the molecule is CCNC(=NCC(C)(C)c1ccc(OC)c(OC)c1)N1CCN(CC(=O)NC(C)C)CC1.I. The van der Waals surface area contributed by atoms with E-state index in [9.17, 15) is 4.79 Å². The first-order chi connectivity index (χ1) is 15.2. The number of benzene rings is 1. The van der Waals surface area contributed by atoms with Crippen LogP contribution in [0.5, 0.6) is 11.5 Å². The van der Waals surface area contributed by atoms with E-state index in [0.717, 1.165) is 55.7 Å². The van der Waals surface area contributed by atoms with Crippen LogP contribution < -0.4 is 20.1 Å². The Morgan fingerprint density at radius 3 is 2.30 bits per heavy atom. The highest BCUT2D eigenvalue weighted by Gasteiger charge is 2.25. The Kier molecular flexibility index (Phi) is 12.3. The average molecular weight is 576 g/mol. The fraction of sp³-hybridized carbons (Fsp3) is 0.667. The minimum atomic E-state index is -0.170. The van der Waals surface area contributed by atoms with Crippen molar-refractivity contribution in [1.29, 1.82) is 0 Å². The molecule has 188 valence electrons. The van der Waals surface area contributed by atoms with Crippen molar-refractivity contribution in [3.63, 3.8) is 0 Å². The molecule has 8 nitrogen and oxygen atoms in total. The molecule has 0 unspecified atom stereocenters. The van der Waals surface area contributed by atoms with Crippen molar-refractivity contribution in [2.75, 3.05) is 60.0 Å². The summed E-state index contributed by atoms with van der Waals surface area (Å²) in [6.45, 7) is 15.7. The lowest BCUT2D eigenvalue weighted by atomic mass is 9.84. The molecule has 1 aromatic rings. The third-order valence-corrected chi connectivity index (χ3v) is 5.61. The summed E-state index contributed by atoms with van der Waals surface area (Å²) in [4.78, 5) is 21.5. The normalized spacial score (nSPS) is 15.2. The summed E-state index contributed by atoms with van der Waals surface area (Å²) in [7, 11) is 3.30. The molecule has 2 N–H and O–H groups in total. The fourth-order valence-electron chi connectivity index (χ4n) is 3.74. The van der Waals surface area contributed by atoms with E-state index in [4.69, 9.17) is 14.5 Å². The lowest BCUT2D eigenvalue weighted by Crippen LogP contribution is -2.54. The number of hydrogen-bond donors (Lipinski definition) is 2. The van der Waals surface area contributed by atoms with Gasteiger partial charge < -0.3 is 25.0 Å². The highest BCUT2D eigenvalue weighted by molar-refractivity contribution is 14.0. The second-order valence-electron chi connectivity index (χ2n) is 9.11. The number of aliphatic imine (C=N–C) groups is 1. The van der Waals surface area contributed by atoms with Crippen molar-refractivity contribution in [1.82, 2.24) is 20.4 Å². The maximum atomic E-state index is 12.1. The van der Waals surface area contributed by atoms with Crippen LogP contribution in [0.25, 0.3) is 0 Å². The zero-order chi connectivity index (χ0) is 23.7. The van der Waals surface area contributed by atoms with Gasteiger partial charge in [-0.05, 0) is 38.5 Å². The minimum absolute atomic E-state index is 0. The number of rotatable bonds is 9. The highest BCUT2D eigenvalue weighted by Crippen LogP contribution is 2.33. The van der Waals surface area contributed by atoms with Gasteiger partial charge in [0.1, 0.15) is 0 Å². The van der Waals surface area contributed by atoms with Crippen molar-refractivity contribution in [2.24, 2.45) is 4.99 Å². The van der Waals surface area contributed by atoms with E-state index in [0.29, 0.717) is 13.1 Å². The third kappa shape index (κ3) is 8.84. The van der Waals surface area contributed by atoms with Crippen molar-refractivity contribution < 1.29 is 14.3 Å². The number of ether oxygens (including phenoxy) is 2. The van der Waals surface area contributed by atoms with Gasteiger partial charge in [0.05, 0.1) is 27.3 Å². The second kappa shape index (κ2) is 13.8. The van der Waals surface area contributed by atoms with E-state index in [1.165, 1.54) is 0 Å². The van der Waals surface area contributed by atoms with Crippen molar-refractivity contribution >= 4 is 35.8 Å². The predicted molar refractivity (Wildman–Crippen MR) is 145 cm³/mol. The van der Waals surface area contributed by atoms with Crippen LogP contribution in [0.15, 0.2) is 23.2 Å². The summed E-state index contributed by atoms with van der Waals surface area (Å²) in [5, 5.41) is 6.40.